The van der Waals surface area contributed by atoms with Crippen LogP contribution in [0.5, 0.6) is 0 Å². The van der Waals surface area contributed by atoms with Gasteiger partial charge in [-0.15, -0.1) is 0 Å². The number of benzene rings is 1. The summed E-state index contributed by atoms with van der Waals surface area (Å²) < 4.78 is 1.55. The van der Waals surface area contributed by atoms with Gasteiger partial charge in [0, 0.05) is 6.20 Å². The van der Waals surface area contributed by atoms with Gasteiger partial charge in [-0.3, -0.25) is 4.68 Å². The van der Waals surface area contributed by atoms with Crippen LogP contribution in [-0.2, 0) is 16.9 Å². The number of carboxylic acid groups (broad SMARTS) is 1. The van der Waals surface area contributed by atoms with E-state index in [9.17, 15) is 9.90 Å². The highest BCUT2D eigenvalue weighted by Crippen LogP contribution is 2.20. The Balaban J connectivity index is 2.36. The quantitative estimate of drug-likeness (QED) is 0.846. The van der Waals surface area contributed by atoms with E-state index in [4.69, 9.17) is 5.73 Å². The van der Waals surface area contributed by atoms with Crippen molar-refractivity contribution in [3.05, 3.63) is 53.9 Å². The van der Waals surface area contributed by atoms with Crippen molar-refractivity contribution in [3.63, 3.8) is 0 Å². The maximum absolute atomic E-state index is 11.5. The molecule has 5 heteroatoms. The van der Waals surface area contributed by atoms with E-state index in [-0.39, 0.29) is 6.54 Å². The summed E-state index contributed by atoms with van der Waals surface area (Å²) in [5.74, 6) is -1.07. The number of carboxylic acids is 1. The number of carbonyl (C=O) groups is 1. The normalized spacial score (nSPS) is 14.1. The molecule has 0 radical (unpaired) electrons. The minimum atomic E-state index is -1.47. The summed E-state index contributed by atoms with van der Waals surface area (Å²) in [5.41, 5.74) is 6.10. The number of nitrogens with two attached hydrogens (primary N) is 1. The lowest BCUT2D eigenvalue weighted by atomic mass is 9.91. The molecule has 3 N–H and O–H groups in total. The molecule has 1 unspecified atom stereocenters. The first-order valence-corrected chi connectivity index (χ1v) is 5.59. The predicted octanol–water partition coefficient (Wildman–Crippen LogP) is 1.13. The molecular weight excluding hydrogens is 230 g/mol. The number of aryl methyl sites for hydroxylation is 1. The fourth-order valence-corrected chi connectivity index (χ4v) is 1.83. The van der Waals surface area contributed by atoms with Crippen LogP contribution < -0.4 is 5.73 Å². The first-order valence-electron chi connectivity index (χ1n) is 5.59. The third-order valence-electron chi connectivity index (χ3n) is 2.84. The zero-order valence-electron chi connectivity index (χ0n) is 10.1. The van der Waals surface area contributed by atoms with Crippen molar-refractivity contribution < 1.29 is 9.90 Å². The monoisotopic (exact) mass is 245 g/mol. The summed E-state index contributed by atoms with van der Waals surface area (Å²) in [6, 6.07) is 8.79. The molecule has 0 fully saturated rings. The summed E-state index contributed by atoms with van der Waals surface area (Å²) in [6.07, 6.45) is 3.45. The molecular formula is C13H15N3O2. The molecule has 0 amide bonds. The van der Waals surface area contributed by atoms with Gasteiger partial charge in [0.15, 0.2) is 5.54 Å². The minimum absolute atomic E-state index is 0.0974. The topological polar surface area (TPSA) is 81.1 Å². The summed E-state index contributed by atoms with van der Waals surface area (Å²) in [4.78, 5) is 11.5. The van der Waals surface area contributed by atoms with Crippen molar-refractivity contribution in [2.45, 2.75) is 19.0 Å². The van der Waals surface area contributed by atoms with Gasteiger partial charge in [0.1, 0.15) is 0 Å². The summed E-state index contributed by atoms with van der Waals surface area (Å²) >= 11 is 0. The second-order valence-corrected chi connectivity index (χ2v) is 4.36. The third-order valence-corrected chi connectivity index (χ3v) is 2.84. The van der Waals surface area contributed by atoms with E-state index in [1.807, 2.05) is 13.0 Å². The highest BCUT2D eigenvalue weighted by atomic mass is 16.4. The van der Waals surface area contributed by atoms with Crippen LogP contribution in [0.1, 0.15) is 11.1 Å². The lowest BCUT2D eigenvalue weighted by molar-refractivity contribution is -0.144. The fraction of sp³-hybridized carbons (Fsp3) is 0.231. The van der Waals surface area contributed by atoms with Gasteiger partial charge in [-0.1, -0.05) is 30.3 Å². The Morgan fingerprint density at radius 1 is 1.44 bits per heavy atom. The van der Waals surface area contributed by atoms with Crippen LogP contribution in [0.25, 0.3) is 0 Å². The molecule has 2 aromatic rings. The van der Waals surface area contributed by atoms with E-state index < -0.39 is 11.5 Å². The number of aliphatic carboxylic acids is 1. The standard InChI is InChI=1S/C13H15N3O2/c1-10-7-15-16(8-10)9-13(14,12(17)18)11-5-3-2-4-6-11/h2-8H,9,14H2,1H3,(H,17,18). The molecule has 18 heavy (non-hydrogen) atoms. The zero-order chi connectivity index (χ0) is 13.2. The van der Waals surface area contributed by atoms with E-state index in [0.29, 0.717) is 5.56 Å². The van der Waals surface area contributed by atoms with Crippen LogP contribution in [0.2, 0.25) is 0 Å². The average Bonchev–Trinajstić information content (AvgIpc) is 2.75. The van der Waals surface area contributed by atoms with Gasteiger partial charge in [-0.05, 0) is 18.1 Å². The second-order valence-electron chi connectivity index (χ2n) is 4.36. The second kappa shape index (κ2) is 4.62. The van der Waals surface area contributed by atoms with Gasteiger partial charge in [-0.25, -0.2) is 4.79 Å². The molecule has 0 aliphatic carbocycles. The molecule has 1 heterocycles. The Morgan fingerprint density at radius 3 is 2.61 bits per heavy atom. The molecule has 0 bridgehead atoms. The third kappa shape index (κ3) is 2.26. The smallest absolute Gasteiger partial charge is 0.330 e. The van der Waals surface area contributed by atoms with Crippen molar-refractivity contribution in [2.75, 3.05) is 0 Å². The number of hydrogen-bond acceptors (Lipinski definition) is 3. The molecule has 0 spiro atoms. The van der Waals surface area contributed by atoms with Crippen LogP contribution in [0.15, 0.2) is 42.7 Å². The largest absolute Gasteiger partial charge is 0.480 e. The highest BCUT2D eigenvalue weighted by Gasteiger charge is 2.36. The van der Waals surface area contributed by atoms with Crippen LogP contribution in [0.4, 0.5) is 0 Å². The average molecular weight is 245 g/mol. The molecule has 1 aromatic heterocycles. The number of hydrogen-bond donors (Lipinski definition) is 2. The van der Waals surface area contributed by atoms with Crippen LogP contribution in [0, 0.1) is 6.92 Å². The van der Waals surface area contributed by atoms with Crippen LogP contribution in [0.3, 0.4) is 0 Å². The number of nitrogens with zero attached hydrogens (tertiary/aromatic N) is 2. The van der Waals surface area contributed by atoms with Gasteiger partial charge in [0.25, 0.3) is 0 Å². The maximum Gasteiger partial charge on any atom is 0.330 e. The van der Waals surface area contributed by atoms with Crippen LogP contribution >= 0.6 is 0 Å². The summed E-state index contributed by atoms with van der Waals surface area (Å²) in [7, 11) is 0. The molecule has 1 aromatic carbocycles. The van der Waals surface area contributed by atoms with E-state index in [2.05, 4.69) is 5.10 Å². The van der Waals surface area contributed by atoms with Gasteiger partial charge < -0.3 is 10.8 Å². The molecule has 0 aliphatic heterocycles. The molecule has 0 aliphatic rings. The van der Waals surface area contributed by atoms with Gasteiger partial charge in [-0.2, -0.15) is 5.10 Å². The van der Waals surface area contributed by atoms with Crippen molar-refractivity contribution in [1.29, 1.82) is 0 Å². The Labute approximate surface area is 105 Å². The SMILES string of the molecule is Cc1cnn(CC(N)(C(=O)O)c2ccccc2)c1. The Kier molecular flexibility index (Phi) is 3.16. The first-order chi connectivity index (χ1) is 8.52. The minimum Gasteiger partial charge on any atom is -0.480 e. The predicted molar refractivity (Wildman–Crippen MR) is 66.9 cm³/mol. The van der Waals surface area contributed by atoms with Crippen LogP contribution in [-0.4, -0.2) is 20.9 Å². The molecule has 94 valence electrons. The summed E-state index contributed by atoms with van der Waals surface area (Å²) in [6.45, 7) is 1.99. The number of aromatic nitrogens is 2. The van der Waals surface area contributed by atoms with E-state index in [1.165, 1.54) is 0 Å². The first kappa shape index (κ1) is 12.3. The van der Waals surface area contributed by atoms with Gasteiger partial charge >= 0.3 is 5.97 Å². The Hall–Kier alpha value is -2.14. The van der Waals surface area contributed by atoms with Gasteiger partial charge in [0.2, 0.25) is 0 Å². The van der Waals surface area contributed by atoms with Crippen molar-refractivity contribution >= 4 is 5.97 Å². The van der Waals surface area contributed by atoms with Gasteiger partial charge in [0.05, 0.1) is 12.7 Å². The zero-order valence-corrected chi connectivity index (χ0v) is 10.1. The van der Waals surface area contributed by atoms with E-state index >= 15 is 0 Å². The van der Waals surface area contributed by atoms with Crippen molar-refractivity contribution in [2.24, 2.45) is 5.73 Å². The van der Waals surface area contributed by atoms with E-state index in [1.54, 1.807) is 41.3 Å². The molecule has 5 nitrogen and oxygen atoms in total. The Morgan fingerprint density at radius 2 is 2.11 bits per heavy atom. The maximum atomic E-state index is 11.5. The lowest BCUT2D eigenvalue weighted by Crippen LogP contribution is -2.48. The van der Waals surface area contributed by atoms with E-state index in [0.717, 1.165) is 5.56 Å². The van der Waals surface area contributed by atoms with Crippen molar-refractivity contribution in [1.82, 2.24) is 9.78 Å². The molecule has 0 saturated heterocycles. The molecule has 1 atom stereocenters. The summed E-state index contributed by atoms with van der Waals surface area (Å²) in [5, 5.41) is 13.5. The fourth-order valence-electron chi connectivity index (χ4n) is 1.83. The molecule has 2 rings (SSSR count). The Bertz CT molecular complexity index is 550. The molecule has 0 saturated carbocycles. The number of rotatable bonds is 4. The highest BCUT2D eigenvalue weighted by molar-refractivity contribution is 5.80. The lowest BCUT2D eigenvalue weighted by Gasteiger charge is -2.25. The van der Waals surface area contributed by atoms with Crippen molar-refractivity contribution in [3.8, 4) is 0 Å².